The molecule has 1 fully saturated rings. The van der Waals surface area contributed by atoms with E-state index in [0.717, 1.165) is 34.7 Å². The Kier molecular flexibility index (Phi) is 3.20. The first kappa shape index (κ1) is 13.5. The van der Waals surface area contributed by atoms with Gasteiger partial charge in [0.15, 0.2) is 0 Å². The van der Waals surface area contributed by atoms with Crippen LogP contribution in [0.1, 0.15) is 16.8 Å². The standard InChI is InChI=1S/C16H16N4OS/c17-10-6-7-20(9-10)16(21)11-3-1-4-12-14(11)19-15(18-12)13-5-2-8-22-13/h1-5,8,10H,6-7,9,17H2,(H,18,19). The first-order chi connectivity index (χ1) is 10.7. The molecule has 3 N–H and O–H groups in total. The number of benzene rings is 1. The summed E-state index contributed by atoms with van der Waals surface area (Å²) in [5.74, 6) is 0.825. The van der Waals surface area contributed by atoms with Gasteiger partial charge in [-0.25, -0.2) is 4.98 Å². The molecular formula is C16H16N4OS. The van der Waals surface area contributed by atoms with Gasteiger partial charge in [-0.3, -0.25) is 4.79 Å². The lowest BCUT2D eigenvalue weighted by Crippen LogP contribution is -2.32. The second kappa shape index (κ2) is 5.23. The Hall–Kier alpha value is -2.18. The number of rotatable bonds is 2. The molecule has 0 saturated carbocycles. The lowest BCUT2D eigenvalue weighted by Gasteiger charge is -2.15. The van der Waals surface area contributed by atoms with Gasteiger partial charge in [0.05, 0.1) is 16.0 Å². The summed E-state index contributed by atoms with van der Waals surface area (Å²) in [6.07, 6.45) is 0.864. The van der Waals surface area contributed by atoms with Crippen LogP contribution in [0.5, 0.6) is 0 Å². The highest BCUT2D eigenvalue weighted by molar-refractivity contribution is 7.13. The number of nitrogens with two attached hydrogens (primary N) is 1. The molecule has 1 aliphatic heterocycles. The van der Waals surface area contributed by atoms with Crippen molar-refractivity contribution < 1.29 is 4.79 Å². The maximum atomic E-state index is 12.7. The van der Waals surface area contributed by atoms with Gasteiger partial charge in [-0.15, -0.1) is 11.3 Å². The number of para-hydroxylation sites is 1. The number of fused-ring (bicyclic) bond motifs is 1. The Morgan fingerprint density at radius 3 is 3.00 bits per heavy atom. The van der Waals surface area contributed by atoms with Gasteiger partial charge >= 0.3 is 0 Å². The molecule has 0 bridgehead atoms. The van der Waals surface area contributed by atoms with E-state index in [0.29, 0.717) is 12.1 Å². The maximum absolute atomic E-state index is 12.7. The number of H-pyrrole nitrogens is 1. The minimum absolute atomic E-state index is 0.0165. The van der Waals surface area contributed by atoms with Crippen molar-refractivity contribution in [3.05, 3.63) is 41.3 Å². The highest BCUT2D eigenvalue weighted by Crippen LogP contribution is 2.27. The van der Waals surface area contributed by atoms with Crippen LogP contribution in [0.2, 0.25) is 0 Å². The summed E-state index contributed by atoms with van der Waals surface area (Å²) in [5.41, 5.74) is 8.17. The summed E-state index contributed by atoms with van der Waals surface area (Å²) in [5, 5.41) is 2.01. The minimum Gasteiger partial charge on any atom is -0.337 e. The molecule has 22 heavy (non-hydrogen) atoms. The zero-order valence-electron chi connectivity index (χ0n) is 12.0. The topological polar surface area (TPSA) is 75.0 Å². The predicted molar refractivity (Wildman–Crippen MR) is 87.9 cm³/mol. The van der Waals surface area contributed by atoms with Crippen molar-refractivity contribution in [2.24, 2.45) is 5.73 Å². The third-order valence-corrected chi connectivity index (χ3v) is 4.89. The van der Waals surface area contributed by atoms with Crippen LogP contribution in [0.15, 0.2) is 35.7 Å². The molecule has 112 valence electrons. The van der Waals surface area contributed by atoms with Crippen molar-refractivity contribution in [2.45, 2.75) is 12.5 Å². The van der Waals surface area contributed by atoms with Crippen LogP contribution >= 0.6 is 11.3 Å². The quantitative estimate of drug-likeness (QED) is 0.763. The number of hydrogen-bond acceptors (Lipinski definition) is 4. The molecular weight excluding hydrogens is 296 g/mol. The summed E-state index contributed by atoms with van der Waals surface area (Å²) < 4.78 is 0. The predicted octanol–water partition coefficient (Wildman–Crippen LogP) is 2.46. The van der Waals surface area contributed by atoms with Gasteiger partial charge in [-0.05, 0) is 30.0 Å². The van der Waals surface area contributed by atoms with Gasteiger partial charge in [0.25, 0.3) is 5.91 Å². The molecule has 0 radical (unpaired) electrons. The van der Waals surface area contributed by atoms with Crippen molar-refractivity contribution in [1.82, 2.24) is 14.9 Å². The van der Waals surface area contributed by atoms with Crippen molar-refractivity contribution in [3.8, 4) is 10.7 Å². The van der Waals surface area contributed by atoms with Gasteiger partial charge in [0.2, 0.25) is 0 Å². The van der Waals surface area contributed by atoms with Gasteiger partial charge in [-0.1, -0.05) is 12.1 Å². The number of carbonyl (C=O) groups is 1. The van der Waals surface area contributed by atoms with Crippen LogP contribution in [-0.4, -0.2) is 39.9 Å². The van der Waals surface area contributed by atoms with Crippen LogP contribution in [0, 0.1) is 0 Å². The van der Waals surface area contributed by atoms with E-state index in [-0.39, 0.29) is 11.9 Å². The molecule has 3 aromatic rings. The van der Waals surface area contributed by atoms with Gasteiger partial charge in [-0.2, -0.15) is 0 Å². The second-order valence-corrected chi connectivity index (χ2v) is 6.51. The number of thiophene rings is 1. The Labute approximate surface area is 131 Å². The third-order valence-electron chi connectivity index (χ3n) is 4.01. The Bertz CT molecular complexity index is 824. The molecule has 1 amide bonds. The summed E-state index contributed by atoms with van der Waals surface area (Å²) in [6, 6.07) is 9.78. The van der Waals surface area contributed by atoms with Gasteiger partial charge in [0.1, 0.15) is 11.3 Å². The molecule has 4 rings (SSSR count). The minimum atomic E-state index is 0.0165. The van der Waals surface area contributed by atoms with Gasteiger partial charge < -0.3 is 15.6 Å². The maximum Gasteiger partial charge on any atom is 0.256 e. The van der Waals surface area contributed by atoms with E-state index < -0.39 is 0 Å². The van der Waals surface area contributed by atoms with Crippen LogP contribution in [0.3, 0.4) is 0 Å². The average Bonchev–Trinajstić information content (AvgIpc) is 3.25. The molecule has 6 heteroatoms. The fraction of sp³-hybridized carbons (Fsp3) is 0.250. The number of carbonyl (C=O) groups excluding carboxylic acids is 1. The first-order valence-electron chi connectivity index (χ1n) is 7.30. The molecule has 1 aromatic carbocycles. The number of nitrogens with zero attached hydrogens (tertiary/aromatic N) is 2. The molecule has 1 atom stereocenters. The molecule has 0 spiro atoms. The smallest absolute Gasteiger partial charge is 0.256 e. The lowest BCUT2D eigenvalue weighted by atomic mass is 10.1. The molecule has 1 unspecified atom stereocenters. The zero-order chi connectivity index (χ0) is 15.1. The van der Waals surface area contributed by atoms with Crippen molar-refractivity contribution in [2.75, 3.05) is 13.1 Å². The molecule has 3 heterocycles. The largest absolute Gasteiger partial charge is 0.337 e. The Morgan fingerprint density at radius 2 is 2.27 bits per heavy atom. The third kappa shape index (κ3) is 2.20. The van der Waals surface area contributed by atoms with Crippen LogP contribution in [0.4, 0.5) is 0 Å². The van der Waals surface area contributed by atoms with Gasteiger partial charge in [0, 0.05) is 19.1 Å². The van der Waals surface area contributed by atoms with E-state index in [2.05, 4.69) is 9.97 Å². The number of hydrogen-bond donors (Lipinski definition) is 2. The van der Waals surface area contributed by atoms with Crippen molar-refractivity contribution in [3.63, 3.8) is 0 Å². The molecule has 2 aromatic heterocycles. The number of aromatic amines is 1. The number of likely N-dealkylation sites (tertiary alicyclic amines) is 1. The molecule has 1 aliphatic rings. The van der Waals surface area contributed by atoms with E-state index in [1.807, 2.05) is 40.6 Å². The summed E-state index contributed by atoms with van der Waals surface area (Å²) >= 11 is 1.63. The number of amides is 1. The highest BCUT2D eigenvalue weighted by Gasteiger charge is 2.26. The first-order valence-corrected chi connectivity index (χ1v) is 8.18. The number of imidazole rings is 1. The number of aromatic nitrogens is 2. The fourth-order valence-corrected chi connectivity index (χ4v) is 3.55. The molecule has 0 aliphatic carbocycles. The highest BCUT2D eigenvalue weighted by atomic mass is 32.1. The second-order valence-electron chi connectivity index (χ2n) is 5.56. The van der Waals surface area contributed by atoms with E-state index in [9.17, 15) is 4.79 Å². The van der Waals surface area contributed by atoms with E-state index in [1.165, 1.54) is 0 Å². The fourth-order valence-electron chi connectivity index (χ4n) is 2.88. The monoisotopic (exact) mass is 312 g/mol. The molecule has 5 nitrogen and oxygen atoms in total. The average molecular weight is 312 g/mol. The lowest BCUT2D eigenvalue weighted by molar-refractivity contribution is 0.0792. The molecule has 1 saturated heterocycles. The summed E-state index contributed by atoms with van der Waals surface area (Å²) in [4.78, 5) is 23.5. The summed E-state index contributed by atoms with van der Waals surface area (Å²) in [6.45, 7) is 1.34. The van der Waals surface area contributed by atoms with Crippen LogP contribution in [-0.2, 0) is 0 Å². The SMILES string of the molecule is NC1CCN(C(=O)c2cccc3[nH]c(-c4cccs4)nc23)C1. The van der Waals surface area contributed by atoms with Crippen molar-refractivity contribution in [1.29, 1.82) is 0 Å². The van der Waals surface area contributed by atoms with E-state index in [1.54, 1.807) is 11.3 Å². The number of nitrogens with one attached hydrogen (secondary N) is 1. The summed E-state index contributed by atoms with van der Waals surface area (Å²) in [7, 11) is 0. The van der Waals surface area contributed by atoms with E-state index >= 15 is 0 Å². The Morgan fingerprint density at radius 1 is 1.36 bits per heavy atom. The van der Waals surface area contributed by atoms with Crippen LogP contribution in [0.25, 0.3) is 21.7 Å². The normalized spacial score (nSPS) is 18.2. The zero-order valence-corrected chi connectivity index (χ0v) is 12.8. The van der Waals surface area contributed by atoms with Crippen molar-refractivity contribution >= 4 is 28.3 Å². The Balaban J connectivity index is 1.76. The van der Waals surface area contributed by atoms with E-state index in [4.69, 9.17) is 5.73 Å². The van der Waals surface area contributed by atoms with Crippen LogP contribution < -0.4 is 5.73 Å².